The average Bonchev–Trinajstić information content (AvgIpc) is 3.23. The molecule has 2 aromatic heterocycles. The van der Waals surface area contributed by atoms with E-state index in [0.717, 1.165) is 22.4 Å². The Labute approximate surface area is 144 Å². The number of benzene rings is 1. The van der Waals surface area contributed by atoms with Gasteiger partial charge < -0.3 is 4.52 Å². The Kier molecular flexibility index (Phi) is 4.79. The summed E-state index contributed by atoms with van der Waals surface area (Å²) in [6.07, 6.45) is 0.809. The van der Waals surface area contributed by atoms with Gasteiger partial charge in [-0.15, -0.1) is 11.3 Å². The van der Waals surface area contributed by atoms with Crippen molar-refractivity contribution in [3.63, 3.8) is 0 Å². The lowest BCUT2D eigenvalue weighted by atomic mass is 10.1. The first-order valence-electron chi connectivity index (χ1n) is 7.46. The molecule has 0 aliphatic rings. The van der Waals surface area contributed by atoms with Gasteiger partial charge >= 0.3 is 0 Å². The van der Waals surface area contributed by atoms with Crippen molar-refractivity contribution in [2.45, 2.75) is 31.0 Å². The normalized spacial score (nSPS) is 11.8. The second-order valence-electron chi connectivity index (χ2n) is 5.28. The second-order valence-corrected chi connectivity index (χ2v) is 8.44. The van der Waals surface area contributed by atoms with Gasteiger partial charge in [0.05, 0.1) is 6.54 Å². The minimum Gasteiger partial charge on any atom is -0.338 e. The number of nitrogens with one attached hydrogen (secondary N) is 1. The average molecular weight is 363 g/mol. The van der Waals surface area contributed by atoms with Crippen LogP contribution in [-0.4, -0.2) is 18.6 Å². The standard InChI is InChI=1S/C16H17N3O3S2/c1-3-13-8-9-15(23-13)24(20,21)17-10-14-18-16(19-22-14)12-6-4-11(2)5-7-12/h4-9,17H,3,10H2,1-2H3. The van der Waals surface area contributed by atoms with Crippen molar-refractivity contribution in [3.8, 4) is 11.4 Å². The van der Waals surface area contributed by atoms with E-state index in [1.54, 1.807) is 6.07 Å². The first kappa shape index (κ1) is 16.8. The molecule has 0 radical (unpaired) electrons. The highest BCUT2D eigenvalue weighted by Crippen LogP contribution is 2.22. The molecular weight excluding hydrogens is 346 g/mol. The van der Waals surface area contributed by atoms with E-state index in [0.29, 0.717) is 5.82 Å². The molecule has 2 heterocycles. The predicted molar refractivity (Wildman–Crippen MR) is 92.2 cm³/mol. The predicted octanol–water partition coefficient (Wildman–Crippen LogP) is 3.15. The van der Waals surface area contributed by atoms with Gasteiger partial charge in [-0.3, -0.25) is 0 Å². The number of sulfonamides is 1. The number of aryl methyl sites for hydroxylation is 2. The zero-order valence-electron chi connectivity index (χ0n) is 13.3. The van der Waals surface area contributed by atoms with Crippen LogP contribution in [0.4, 0.5) is 0 Å². The van der Waals surface area contributed by atoms with Crippen LogP contribution in [0.3, 0.4) is 0 Å². The third-order valence-corrected chi connectivity index (χ3v) is 6.56. The van der Waals surface area contributed by atoms with E-state index in [-0.39, 0.29) is 16.6 Å². The highest BCUT2D eigenvalue weighted by atomic mass is 32.2. The quantitative estimate of drug-likeness (QED) is 0.727. The van der Waals surface area contributed by atoms with E-state index < -0.39 is 10.0 Å². The molecule has 0 saturated carbocycles. The van der Waals surface area contributed by atoms with Crippen LogP contribution in [0.2, 0.25) is 0 Å². The van der Waals surface area contributed by atoms with E-state index in [2.05, 4.69) is 14.9 Å². The van der Waals surface area contributed by atoms with Crippen LogP contribution in [-0.2, 0) is 23.0 Å². The number of thiophene rings is 1. The summed E-state index contributed by atoms with van der Waals surface area (Å²) in [5, 5.41) is 3.89. The van der Waals surface area contributed by atoms with Crippen LogP contribution in [0.5, 0.6) is 0 Å². The lowest BCUT2D eigenvalue weighted by molar-refractivity contribution is 0.376. The SMILES string of the molecule is CCc1ccc(S(=O)(=O)NCc2nc(-c3ccc(C)cc3)no2)s1. The summed E-state index contributed by atoms with van der Waals surface area (Å²) in [5.41, 5.74) is 1.96. The van der Waals surface area contributed by atoms with Gasteiger partial charge in [-0.05, 0) is 25.5 Å². The molecule has 8 heteroatoms. The smallest absolute Gasteiger partial charge is 0.250 e. The van der Waals surface area contributed by atoms with Gasteiger partial charge in [0.2, 0.25) is 11.7 Å². The van der Waals surface area contributed by atoms with Crippen molar-refractivity contribution in [2.24, 2.45) is 0 Å². The molecule has 24 heavy (non-hydrogen) atoms. The molecule has 0 bridgehead atoms. The summed E-state index contributed by atoms with van der Waals surface area (Å²) in [6.45, 7) is 3.94. The lowest BCUT2D eigenvalue weighted by Crippen LogP contribution is -2.22. The third-order valence-electron chi connectivity index (χ3n) is 3.44. The summed E-state index contributed by atoms with van der Waals surface area (Å²) < 4.78 is 32.4. The van der Waals surface area contributed by atoms with Crippen LogP contribution in [0.25, 0.3) is 11.4 Å². The summed E-state index contributed by atoms with van der Waals surface area (Å²) >= 11 is 1.26. The molecule has 0 atom stereocenters. The number of hydrogen-bond donors (Lipinski definition) is 1. The maximum absolute atomic E-state index is 12.3. The Morgan fingerprint density at radius 2 is 1.92 bits per heavy atom. The largest absolute Gasteiger partial charge is 0.338 e. The monoisotopic (exact) mass is 363 g/mol. The van der Waals surface area contributed by atoms with Crippen LogP contribution < -0.4 is 4.72 Å². The molecule has 0 aliphatic carbocycles. The molecule has 126 valence electrons. The van der Waals surface area contributed by atoms with Crippen LogP contribution in [0.1, 0.15) is 23.3 Å². The van der Waals surface area contributed by atoms with Gasteiger partial charge in [0, 0.05) is 10.4 Å². The van der Waals surface area contributed by atoms with E-state index in [1.807, 2.05) is 44.2 Å². The molecule has 3 rings (SSSR count). The second kappa shape index (κ2) is 6.84. The van der Waals surface area contributed by atoms with Gasteiger partial charge in [0.15, 0.2) is 0 Å². The van der Waals surface area contributed by atoms with E-state index in [4.69, 9.17) is 4.52 Å². The molecule has 3 aromatic rings. The third kappa shape index (κ3) is 3.72. The summed E-state index contributed by atoms with van der Waals surface area (Å²) in [4.78, 5) is 5.25. The molecule has 0 unspecified atom stereocenters. The number of rotatable bonds is 6. The Morgan fingerprint density at radius 1 is 1.17 bits per heavy atom. The van der Waals surface area contributed by atoms with Crippen molar-refractivity contribution >= 4 is 21.4 Å². The van der Waals surface area contributed by atoms with E-state index >= 15 is 0 Å². The fourth-order valence-corrected chi connectivity index (χ4v) is 4.38. The fraction of sp³-hybridized carbons (Fsp3) is 0.250. The topological polar surface area (TPSA) is 85.1 Å². The molecule has 0 aliphatic heterocycles. The number of hydrogen-bond acceptors (Lipinski definition) is 6. The zero-order valence-corrected chi connectivity index (χ0v) is 14.9. The maximum atomic E-state index is 12.3. The van der Waals surface area contributed by atoms with Crippen molar-refractivity contribution < 1.29 is 12.9 Å². The Bertz CT molecular complexity index is 928. The summed E-state index contributed by atoms with van der Waals surface area (Å²) in [6, 6.07) is 11.1. The van der Waals surface area contributed by atoms with Gasteiger partial charge in [-0.2, -0.15) is 4.98 Å². The molecule has 6 nitrogen and oxygen atoms in total. The van der Waals surface area contributed by atoms with Crippen molar-refractivity contribution in [1.82, 2.24) is 14.9 Å². The Hall–Kier alpha value is -2.03. The van der Waals surface area contributed by atoms with Crippen molar-refractivity contribution in [3.05, 3.63) is 52.7 Å². The Morgan fingerprint density at radius 3 is 2.58 bits per heavy atom. The minimum absolute atomic E-state index is 0.0411. The molecule has 1 aromatic carbocycles. The number of nitrogens with zero attached hydrogens (tertiary/aromatic N) is 2. The van der Waals surface area contributed by atoms with Gasteiger partial charge in [-0.25, -0.2) is 13.1 Å². The van der Waals surface area contributed by atoms with Crippen LogP contribution in [0, 0.1) is 6.92 Å². The van der Waals surface area contributed by atoms with Crippen LogP contribution in [0.15, 0.2) is 45.1 Å². The Balaban J connectivity index is 1.70. The molecule has 0 amide bonds. The first-order valence-corrected chi connectivity index (χ1v) is 9.76. The molecule has 0 fully saturated rings. The van der Waals surface area contributed by atoms with E-state index in [1.165, 1.54) is 11.3 Å². The lowest BCUT2D eigenvalue weighted by Gasteiger charge is -2.01. The van der Waals surface area contributed by atoms with Crippen LogP contribution >= 0.6 is 11.3 Å². The molecule has 0 saturated heterocycles. The molecule has 1 N–H and O–H groups in total. The highest BCUT2D eigenvalue weighted by molar-refractivity contribution is 7.91. The van der Waals surface area contributed by atoms with Gasteiger partial charge in [0.25, 0.3) is 10.0 Å². The fourth-order valence-electron chi connectivity index (χ4n) is 2.07. The first-order chi connectivity index (χ1) is 11.5. The number of aromatic nitrogens is 2. The van der Waals surface area contributed by atoms with Gasteiger partial charge in [-0.1, -0.05) is 41.9 Å². The zero-order chi connectivity index (χ0) is 17.2. The molecular formula is C16H17N3O3S2. The van der Waals surface area contributed by atoms with Crippen molar-refractivity contribution in [1.29, 1.82) is 0 Å². The molecule has 0 spiro atoms. The van der Waals surface area contributed by atoms with Crippen molar-refractivity contribution in [2.75, 3.05) is 0 Å². The van der Waals surface area contributed by atoms with E-state index in [9.17, 15) is 8.42 Å². The minimum atomic E-state index is -3.57. The maximum Gasteiger partial charge on any atom is 0.250 e. The highest BCUT2D eigenvalue weighted by Gasteiger charge is 2.18. The van der Waals surface area contributed by atoms with Gasteiger partial charge in [0.1, 0.15) is 4.21 Å². The summed E-state index contributed by atoms with van der Waals surface area (Å²) in [5.74, 6) is 0.662. The summed E-state index contributed by atoms with van der Waals surface area (Å²) in [7, 11) is -3.57.